The smallest absolute Gasteiger partial charge is 0.274 e. The average molecular weight is 445 g/mol. The number of nitrogens with zero attached hydrogens (tertiary/aromatic N) is 7. The van der Waals surface area contributed by atoms with Crippen LogP contribution in [-0.2, 0) is 7.05 Å². The van der Waals surface area contributed by atoms with E-state index in [-0.39, 0.29) is 28.3 Å². The number of rotatable bonds is 4. The van der Waals surface area contributed by atoms with Gasteiger partial charge in [-0.1, -0.05) is 11.6 Å². The molecule has 31 heavy (non-hydrogen) atoms. The Morgan fingerprint density at radius 2 is 1.84 bits per heavy atom. The molecule has 4 rings (SSSR count). The van der Waals surface area contributed by atoms with Crippen molar-refractivity contribution in [2.24, 2.45) is 7.05 Å². The SMILES string of the molecule is Cc1ncc(-c2nc(Nc3cnc(C(=O)N4CCN(C)CC4)c(Cl)c3)ncc2F)n1C. The largest absolute Gasteiger partial charge is 0.335 e. The standard InChI is InChI=1S/C20H22ClFN8O/c1-12-23-11-16(29(12)3)18-15(22)10-25-20(27-18)26-13-8-14(21)17(24-9-13)19(31)30-6-4-28(2)5-7-30/h8-11H,4-7H2,1-3H3,(H,25,26,27). The maximum atomic E-state index is 14.3. The Morgan fingerprint density at radius 1 is 1.10 bits per heavy atom. The molecular weight excluding hydrogens is 423 g/mol. The lowest BCUT2D eigenvalue weighted by molar-refractivity contribution is 0.0658. The second kappa shape index (κ2) is 8.56. The van der Waals surface area contributed by atoms with Gasteiger partial charge in [-0.15, -0.1) is 0 Å². The van der Waals surface area contributed by atoms with Gasteiger partial charge in [-0.05, 0) is 20.0 Å². The highest BCUT2D eigenvalue weighted by atomic mass is 35.5. The van der Waals surface area contributed by atoms with Crippen LogP contribution in [0.4, 0.5) is 16.0 Å². The zero-order chi connectivity index (χ0) is 22.1. The van der Waals surface area contributed by atoms with Gasteiger partial charge in [-0.3, -0.25) is 4.79 Å². The summed E-state index contributed by atoms with van der Waals surface area (Å²) in [5, 5.41) is 3.18. The second-order valence-electron chi connectivity index (χ2n) is 7.41. The summed E-state index contributed by atoms with van der Waals surface area (Å²) in [5.74, 6) is 0.153. The molecule has 3 aromatic heterocycles. The fraction of sp³-hybridized carbons (Fsp3) is 0.350. The van der Waals surface area contributed by atoms with E-state index in [2.05, 4.69) is 30.2 Å². The van der Waals surface area contributed by atoms with Gasteiger partial charge in [0.25, 0.3) is 5.91 Å². The number of halogens is 2. The lowest BCUT2D eigenvalue weighted by Gasteiger charge is -2.32. The Kier molecular flexibility index (Phi) is 5.84. The van der Waals surface area contributed by atoms with E-state index in [0.717, 1.165) is 25.1 Å². The maximum Gasteiger partial charge on any atom is 0.274 e. The predicted octanol–water partition coefficient (Wildman–Crippen LogP) is 2.50. The van der Waals surface area contributed by atoms with Crippen LogP contribution >= 0.6 is 11.6 Å². The van der Waals surface area contributed by atoms with Crippen LogP contribution in [0.25, 0.3) is 11.4 Å². The Balaban J connectivity index is 1.54. The van der Waals surface area contributed by atoms with Gasteiger partial charge in [-0.25, -0.2) is 24.3 Å². The molecule has 1 N–H and O–H groups in total. The van der Waals surface area contributed by atoms with E-state index in [1.54, 1.807) is 28.8 Å². The van der Waals surface area contributed by atoms with Gasteiger partial charge < -0.3 is 19.7 Å². The van der Waals surface area contributed by atoms with Crippen LogP contribution in [0, 0.1) is 12.7 Å². The molecule has 0 spiro atoms. The topological polar surface area (TPSA) is 92.1 Å². The van der Waals surface area contributed by atoms with Gasteiger partial charge in [0.1, 0.15) is 17.2 Å². The van der Waals surface area contributed by atoms with Crippen molar-refractivity contribution in [3.8, 4) is 11.4 Å². The van der Waals surface area contributed by atoms with Crippen molar-refractivity contribution in [1.82, 2.24) is 34.3 Å². The number of carbonyl (C=O) groups is 1. The quantitative estimate of drug-likeness (QED) is 0.661. The van der Waals surface area contributed by atoms with E-state index < -0.39 is 5.82 Å². The summed E-state index contributed by atoms with van der Waals surface area (Å²) in [6.07, 6.45) is 4.13. The Bertz CT molecular complexity index is 1130. The summed E-state index contributed by atoms with van der Waals surface area (Å²) in [6, 6.07) is 1.58. The first-order chi connectivity index (χ1) is 14.8. The fourth-order valence-electron chi connectivity index (χ4n) is 3.28. The Morgan fingerprint density at radius 3 is 2.48 bits per heavy atom. The zero-order valence-corrected chi connectivity index (χ0v) is 18.2. The molecule has 0 unspecified atom stereocenters. The fourth-order valence-corrected chi connectivity index (χ4v) is 3.53. The summed E-state index contributed by atoms with van der Waals surface area (Å²) >= 11 is 6.34. The van der Waals surface area contributed by atoms with Gasteiger partial charge in [0, 0.05) is 33.2 Å². The molecule has 0 aromatic carbocycles. The molecule has 0 aliphatic carbocycles. The lowest BCUT2D eigenvalue weighted by atomic mass is 10.2. The molecule has 9 nitrogen and oxygen atoms in total. The molecule has 1 aliphatic heterocycles. The van der Waals surface area contributed by atoms with Crippen molar-refractivity contribution in [2.45, 2.75) is 6.92 Å². The molecule has 11 heteroatoms. The minimum atomic E-state index is -0.558. The van der Waals surface area contributed by atoms with Crippen LogP contribution in [-0.4, -0.2) is 73.4 Å². The molecule has 0 atom stereocenters. The number of aromatic nitrogens is 5. The maximum absolute atomic E-state index is 14.3. The normalized spacial score (nSPS) is 14.7. The highest BCUT2D eigenvalue weighted by Gasteiger charge is 2.23. The third-order valence-electron chi connectivity index (χ3n) is 5.30. The molecule has 4 heterocycles. The van der Waals surface area contributed by atoms with Gasteiger partial charge in [-0.2, -0.15) is 0 Å². The monoisotopic (exact) mass is 444 g/mol. The van der Waals surface area contributed by atoms with E-state index in [9.17, 15) is 9.18 Å². The highest BCUT2D eigenvalue weighted by molar-refractivity contribution is 6.33. The summed E-state index contributed by atoms with van der Waals surface area (Å²) in [4.78, 5) is 33.3. The highest BCUT2D eigenvalue weighted by Crippen LogP contribution is 2.25. The predicted molar refractivity (Wildman–Crippen MR) is 115 cm³/mol. The van der Waals surface area contributed by atoms with Crippen molar-refractivity contribution in [1.29, 1.82) is 0 Å². The number of carbonyl (C=O) groups excluding carboxylic acids is 1. The van der Waals surface area contributed by atoms with Crippen LogP contribution in [0.15, 0.2) is 24.7 Å². The number of piperazine rings is 1. The number of likely N-dealkylation sites (N-methyl/N-ethyl adjacent to an activating group) is 1. The van der Waals surface area contributed by atoms with Gasteiger partial charge in [0.05, 0.1) is 35.0 Å². The summed E-state index contributed by atoms with van der Waals surface area (Å²) in [5.41, 5.74) is 1.34. The molecule has 162 valence electrons. The zero-order valence-electron chi connectivity index (χ0n) is 17.4. The first kappa shape index (κ1) is 21.1. The van der Waals surface area contributed by atoms with Crippen LogP contribution in [0.2, 0.25) is 5.02 Å². The molecular formula is C20H22ClFN8O. The first-order valence-electron chi connectivity index (χ1n) is 9.75. The minimum Gasteiger partial charge on any atom is -0.335 e. The number of hydrogen-bond donors (Lipinski definition) is 1. The Hall–Kier alpha value is -3.11. The van der Waals surface area contributed by atoms with Gasteiger partial charge in [0.15, 0.2) is 5.82 Å². The number of nitrogens with one attached hydrogen (secondary N) is 1. The van der Waals surface area contributed by atoms with Crippen LogP contribution < -0.4 is 5.32 Å². The number of imidazole rings is 1. The summed E-state index contributed by atoms with van der Waals surface area (Å²) in [6.45, 7) is 4.70. The number of hydrogen-bond acceptors (Lipinski definition) is 7. The number of pyridine rings is 1. The number of anilines is 2. The third-order valence-corrected chi connectivity index (χ3v) is 5.59. The number of aryl methyl sites for hydroxylation is 1. The van der Waals surface area contributed by atoms with E-state index in [1.807, 2.05) is 14.0 Å². The van der Waals surface area contributed by atoms with Gasteiger partial charge >= 0.3 is 0 Å². The molecule has 1 amide bonds. The summed E-state index contributed by atoms with van der Waals surface area (Å²) in [7, 11) is 3.80. The molecule has 0 bridgehead atoms. The molecule has 0 saturated carbocycles. The average Bonchev–Trinajstić information content (AvgIpc) is 3.08. The third kappa shape index (κ3) is 4.35. The van der Waals surface area contributed by atoms with Crippen molar-refractivity contribution in [3.05, 3.63) is 47.0 Å². The van der Waals surface area contributed by atoms with Crippen molar-refractivity contribution in [3.63, 3.8) is 0 Å². The van der Waals surface area contributed by atoms with Crippen LogP contribution in [0.1, 0.15) is 16.3 Å². The Labute approximate surface area is 183 Å². The van der Waals surface area contributed by atoms with E-state index in [1.165, 1.54) is 6.20 Å². The van der Waals surface area contributed by atoms with Crippen LogP contribution in [0.3, 0.4) is 0 Å². The van der Waals surface area contributed by atoms with Crippen LogP contribution in [0.5, 0.6) is 0 Å². The van der Waals surface area contributed by atoms with Crippen molar-refractivity contribution in [2.75, 3.05) is 38.5 Å². The minimum absolute atomic E-state index is 0.126. The number of amides is 1. The lowest BCUT2D eigenvalue weighted by Crippen LogP contribution is -2.47. The first-order valence-corrected chi connectivity index (χ1v) is 10.1. The van der Waals surface area contributed by atoms with E-state index in [0.29, 0.717) is 24.5 Å². The van der Waals surface area contributed by atoms with E-state index >= 15 is 0 Å². The summed E-state index contributed by atoms with van der Waals surface area (Å²) < 4.78 is 16.1. The molecule has 1 fully saturated rings. The van der Waals surface area contributed by atoms with E-state index in [4.69, 9.17) is 11.6 Å². The molecule has 1 saturated heterocycles. The second-order valence-corrected chi connectivity index (χ2v) is 7.82. The molecule has 0 radical (unpaired) electrons. The van der Waals surface area contributed by atoms with Crippen molar-refractivity contribution >= 4 is 29.1 Å². The molecule has 1 aliphatic rings. The van der Waals surface area contributed by atoms with Crippen molar-refractivity contribution < 1.29 is 9.18 Å². The van der Waals surface area contributed by atoms with Gasteiger partial charge in [0.2, 0.25) is 5.95 Å². The molecule has 3 aromatic rings.